The fourth-order valence-corrected chi connectivity index (χ4v) is 2.09. The van der Waals surface area contributed by atoms with E-state index in [0.717, 1.165) is 10.6 Å². The molecule has 100 valence electrons. The summed E-state index contributed by atoms with van der Waals surface area (Å²) in [5, 5.41) is 8.71. The van der Waals surface area contributed by atoms with Crippen molar-refractivity contribution in [3.8, 4) is 0 Å². The van der Waals surface area contributed by atoms with Crippen molar-refractivity contribution >= 4 is 34.1 Å². The molecule has 2 aromatic heterocycles. The summed E-state index contributed by atoms with van der Waals surface area (Å²) in [5.74, 6) is -0.876. The minimum absolute atomic E-state index is 0.198. The van der Waals surface area contributed by atoms with E-state index in [1.54, 1.807) is 6.92 Å². The summed E-state index contributed by atoms with van der Waals surface area (Å²) in [7, 11) is 0. The highest BCUT2D eigenvalue weighted by atomic mass is 32.1. The van der Waals surface area contributed by atoms with Gasteiger partial charge in [0, 0.05) is 10.9 Å². The number of hydrogen-bond donors (Lipinski definition) is 2. The molecule has 8 heteroatoms. The Hall–Kier alpha value is -2.22. The summed E-state index contributed by atoms with van der Waals surface area (Å²) >= 11 is 1.31. The van der Waals surface area contributed by atoms with Crippen LogP contribution < -0.4 is 10.6 Å². The molecule has 2 aromatic rings. The zero-order valence-corrected chi connectivity index (χ0v) is 11.4. The number of aromatic nitrogens is 2. The van der Waals surface area contributed by atoms with Crippen molar-refractivity contribution in [2.24, 2.45) is 0 Å². The van der Waals surface area contributed by atoms with Crippen LogP contribution in [0.1, 0.15) is 16.3 Å². The Morgan fingerprint density at radius 2 is 1.89 bits per heavy atom. The zero-order valence-electron chi connectivity index (χ0n) is 10.6. The van der Waals surface area contributed by atoms with E-state index in [2.05, 4.69) is 20.8 Å². The topological polar surface area (TPSA) is 97.1 Å². The Morgan fingerprint density at radius 3 is 2.42 bits per heavy atom. The summed E-state index contributed by atoms with van der Waals surface area (Å²) in [4.78, 5) is 28.3. The van der Waals surface area contributed by atoms with Gasteiger partial charge in [0.05, 0.1) is 5.69 Å². The molecule has 0 unspecified atom stereocenters. The Labute approximate surface area is 113 Å². The average Bonchev–Trinajstić information content (AvgIpc) is 2.86. The first-order valence-electron chi connectivity index (χ1n) is 5.45. The lowest BCUT2D eigenvalue weighted by molar-refractivity contribution is -0.133. The van der Waals surface area contributed by atoms with Gasteiger partial charge < -0.3 is 4.52 Å². The first kappa shape index (κ1) is 13.2. The van der Waals surface area contributed by atoms with Crippen molar-refractivity contribution in [2.75, 3.05) is 10.6 Å². The monoisotopic (exact) mass is 280 g/mol. The fraction of sp³-hybridized carbons (Fsp3) is 0.273. The van der Waals surface area contributed by atoms with Gasteiger partial charge in [-0.05, 0) is 20.8 Å². The number of amides is 2. The highest BCUT2D eigenvalue weighted by molar-refractivity contribution is 7.15. The standard InChI is InChI=1S/C11H12N4O3S/c1-5-4-8(15-18-5)13-9(16)10(17)14-11-12-6(2)7(3)19-11/h4H,1-3H3,(H,12,14,17)(H,13,15,16). The number of rotatable bonds is 2. The van der Waals surface area contributed by atoms with E-state index in [4.69, 9.17) is 4.52 Å². The van der Waals surface area contributed by atoms with Gasteiger partial charge in [0.15, 0.2) is 10.9 Å². The predicted octanol–water partition coefficient (Wildman–Crippen LogP) is 1.63. The Balaban J connectivity index is 1.98. The van der Waals surface area contributed by atoms with E-state index in [0.29, 0.717) is 10.9 Å². The van der Waals surface area contributed by atoms with Crippen LogP contribution in [0.2, 0.25) is 0 Å². The third-order valence-corrected chi connectivity index (χ3v) is 3.31. The molecule has 0 aliphatic heterocycles. The minimum Gasteiger partial charge on any atom is -0.360 e. The highest BCUT2D eigenvalue weighted by Crippen LogP contribution is 2.20. The maximum atomic E-state index is 11.6. The largest absolute Gasteiger partial charge is 0.360 e. The molecule has 0 spiro atoms. The molecule has 2 heterocycles. The van der Waals surface area contributed by atoms with Gasteiger partial charge >= 0.3 is 11.8 Å². The molecule has 0 radical (unpaired) electrons. The molecule has 2 amide bonds. The van der Waals surface area contributed by atoms with E-state index in [1.165, 1.54) is 17.4 Å². The van der Waals surface area contributed by atoms with Crippen LogP contribution in [0.4, 0.5) is 10.9 Å². The number of nitrogens with zero attached hydrogens (tertiary/aromatic N) is 2. The molecular weight excluding hydrogens is 268 g/mol. The molecule has 0 aromatic carbocycles. The molecular formula is C11H12N4O3S. The summed E-state index contributed by atoms with van der Waals surface area (Å²) in [6.45, 7) is 5.41. The van der Waals surface area contributed by atoms with Crippen molar-refractivity contribution in [1.82, 2.24) is 10.1 Å². The molecule has 2 N–H and O–H groups in total. The molecule has 0 aliphatic carbocycles. The van der Waals surface area contributed by atoms with Gasteiger partial charge in [0.25, 0.3) is 0 Å². The van der Waals surface area contributed by atoms with Crippen LogP contribution >= 0.6 is 11.3 Å². The van der Waals surface area contributed by atoms with Gasteiger partial charge in [-0.15, -0.1) is 11.3 Å². The fourth-order valence-electron chi connectivity index (χ4n) is 1.28. The zero-order chi connectivity index (χ0) is 14.0. The summed E-state index contributed by atoms with van der Waals surface area (Å²) in [6, 6.07) is 1.52. The first-order chi connectivity index (χ1) is 8.95. The van der Waals surface area contributed by atoms with Crippen molar-refractivity contribution < 1.29 is 14.1 Å². The van der Waals surface area contributed by atoms with Gasteiger partial charge in [0.1, 0.15) is 5.76 Å². The van der Waals surface area contributed by atoms with Crippen LogP contribution in [0, 0.1) is 20.8 Å². The molecule has 0 aliphatic rings. The SMILES string of the molecule is Cc1cc(NC(=O)C(=O)Nc2nc(C)c(C)s2)no1. The minimum atomic E-state index is -0.821. The number of carbonyl (C=O) groups excluding carboxylic acids is 2. The summed E-state index contributed by atoms with van der Waals surface area (Å²) in [6.07, 6.45) is 0. The number of nitrogens with one attached hydrogen (secondary N) is 2. The third-order valence-electron chi connectivity index (χ3n) is 2.32. The van der Waals surface area contributed by atoms with Crippen LogP contribution in [0.5, 0.6) is 0 Å². The number of anilines is 2. The molecule has 0 bridgehead atoms. The van der Waals surface area contributed by atoms with Crippen LogP contribution in [-0.4, -0.2) is 22.0 Å². The number of carbonyl (C=O) groups is 2. The van der Waals surface area contributed by atoms with Gasteiger partial charge in [-0.2, -0.15) is 0 Å². The van der Waals surface area contributed by atoms with Crippen molar-refractivity contribution in [1.29, 1.82) is 0 Å². The Kier molecular flexibility index (Phi) is 3.61. The smallest absolute Gasteiger partial charge is 0.315 e. The Morgan fingerprint density at radius 1 is 1.21 bits per heavy atom. The number of hydrogen-bond acceptors (Lipinski definition) is 6. The molecule has 2 rings (SSSR count). The number of thiazole rings is 1. The second-order valence-corrected chi connectivity index (χ2v) is 5.09. The van der Waals surface area contributed by atoms with E-state index >= 15 is 0 Å². The van der Waals surface area contributed by atoms with E-state index < -0.39 is 11.8 Å². The first-order valence-corrected chi connectivity index (χ1v) is 6.27. The summed E-state index contributed by atoms with van der Waals surface area (Å²) < 4.78 is 4.78. The lowest BCUT2D eigenvalue weighted by Gasteiger charge is -2.00. The number of aryl methyl sites for hydroxylation is 3. The van der Waals surface area contributed by atoms with E-state index in [9.17, 15) is 9.59 Å². The second-order valence-electron chi connectivity index (χ2n) is 3.89. The second kappa shape index (κ2) is 5.19. The van der Waals surface area contributed by atoms with Crippen LogP contribution in [0.15, 0.2) is 10.6 Å². The molecule has 0 saturated carbocycles. The van der Waals surface area contributed by atoms with Crippen LogP contribution in [0.3, 0.4) is 0 Å². The van der Waals surface area contributed by atoms with E-state index in [1.807, 2.05) is 13.8 Å². The maximum Gasteiger partial charge on any atom is 0.315 e. The summed E-state index contributed by atoms with van der Waals surface area (Å²) in [5.41, 5.74) is 0.827. The quantitative estimate of drug-likeness (QED) is 0.815. The van der Waals surface area contributed by atoms with E-state index in [-0.39, 0.29) is 5.82 Å². The molecule has 19 heavy (non-hydrogen) atoms. The van der Waals surface area contributed by atoms with Crippen molar-refractivity contribution in [3.05, 3.63) is 22.4 Å². The van der Waals surface area contributed by atoms with Crippen molar-refractivity contribution in [2.45, 2.75) is 20.8 Å². The predicted molar refractivity (Wildman–Crippen MR) is 70.1 cm³/mol. The van der Waals surface area contributed by atoms with Gasteiger partial charge in [-0.1, -0.05) is 5.16 Å². The van der Waals surface area contributed by atoms with Gasteiger partial charge in [0.2, 0.25) is 0 Å². The third kappa shape index (κ3) is 3.16. The highest BCUT2D eigenvalue weighted by Gasteiger charge is 2.17. The molecule has 0 atom stereocenters. The lowest BCUT2D eigenvalue weighted by Crippen LogP contribution is -2.29. The average molecular weight is 280 g/mol. The van der Waals surface area contributed by atoms with Crippen molar-refractivity contribution in [3.63, 3.8) is 0 Å². The van der Waals surface area contributed by atoms with Crippen LogP contribution in [-0.2, 0) is 9.59 Å². The Bertz CT molecular complexity index is 612. The van der Waals surface area contributed by atoms with Gasteiger partial charge in [-0.3, -0.25) is 20.2 Å². The lowest BCUT2D eigenvalue weighted by atomic mass is 10.4. The molecule has 7 nitrogen and oxygen atoms in total. The molecule has 0 fully saturated rings. The normalized spacial score (nSPS) is 10.3. The van der Waals surface area contributed by atoms with Gasteiger partial charge in [-0.25, -0.2) is 4.98 Å². The van der Waals surface area contributed by atoms with Crippen LogP contribution in [0.25, 0.3) is 0 Å². The molecule has 0 saturated heterocycles. The maximum absolute atomic E-state index is 11.6.